The van der Waals surface area contributed by atoms with Gasteiger partial charge in [-0.25, -0.2) is 9.36 Å². The lowest BCUT2D eigenvalue weighted by atomic mass is 10.0. The highest BCUT2D eigenvalue weighted by atomic mass is 31.2. The monoisotopic (exact) mass is 463 g/mol. The largest absolute Gasteiger partial charge is 0.469 e. The molecule has 0 rings (SSSR count). The van der Waals surface area contributed by atoms with Crippen LogP contribution in [0.2, 0.25) is 0 Å². The third-order valence-corrected chi connectivity index (χ3v) is 5.45. The number of methoxy groups -OCH3 is 1. The molecule has 0 radical (unpaired) electrons. The molecule has 0 aliphatic heterocycles. The van der Waals surface area contributed by atoms with Gasteiger partial charge in [0.05, 0.1) is 13.7 Å². The third-order valence-electron chi connectivity index (χ3n) is 4.99. The van der Waals surface area contributed by atoms with E-state index in [1.165, 1.54) is 45.4 Å². The number of esters is 1. The predicted octanol–water partition coefficient (Wildman–Crippen LogP) is 4.79. The van der Waals surface area contributed by atoms with Crippen molar-refractivity contribution < 1.29 is 33.2 Å². The van der Waals surface area contributed by atoms with Crippen molar-refractivity contribution in [3.05, 3.63) is 12.2 Å². The second-order valence-electron chi connectivity index (χ2n) is 8.12. The quantitative estimate of drug-likeness (QED) is 0.109. The van der Waals surface area contributed by atoms with Crippen LogP contribution in [0.1, 0.15) is 97.3 Å². The number of nitrogens with one attached hydrogen (secondary N) is 1. The first-order valence-corrected chi connectivity index (χ1v) is 12.9. The molecule has 0 heterocycles. The minimum Gasteiger partial charge on any atom is -0.467 e. The van der Waals surface area contributed by atoms with Crippen LogP contribution in [0.5, 0.6) is 0 Å². The molecule has 0 saturated carbocycles. The molecule has 9 heteroatoms. The van der Waals surface area contributed by atoms with E-state index in [2.05, 4.69) is 33.7 Å². The molecule has 0 fully saturated rings. The summed E-state index contributed by atoms with van der Waals surface area (Å²) in [5.74, 6) is -1.22. The summed E-state index contributed by atoms with van der Waals surface area (Å²) in [6.45, 7) is 2.86. The van der Waals surface area contributed by atoms with Crippen LogP contribution in [0.3, 0.4) is 0 Å². The Labute approximate surface area is 187 Å². The first-order chi connectivity index (χ1) is 14.6. The van der Waals surface area contributed by atoms with Gasteiger partial charge in [-0.2, -0.15) is 0 Å². The fraction of sp³-hybridized carbons (Fsp3) is 0.818. The Bertz CT molecular complexity index is 576. The summed E-state index contributed by atoms with van der Waals surface area (Å²) in [7, 11) is -3.64. The highest BCUT2D eigenvalue weighted by Crippen LogP contribution is 2.36. The summed E-state index contributed by atoms with van der Waals surface area (Å²) in [6, 6.07) is 0. The number of carbonyl (C=O) groups is 2. The van der Waals surface area contributed by atoms with Crippen LogP contribution >= 0.6 is 7.82 Å². The Hall–Kier alpha value is -1.21. The number of hydrogen-bond donors (Lipinski definition) is 3. The molecule has 1 amide bonds. The lowest BCUT2D eigenvalue weighted by Gasteiger charge is -2.27. The summed E-state index contributed by atoms with van der Waals surface area (Å²) in [5, 5.41) is 2.47. The van der Waals surface area contributed by atoms with Crippen LogP contribution in [0.4, 0.5) is 0 Å². The number of phosphoric acid groups is 1. The third kappa shape index (κ3) is 17.1. The Morgan fingerprint density at radius 3 is 1.97 bits per heavy atom. The van der Waals surface area contributed by atoms with E-state index < -0.39 is 25.9 Å². The average molecular weight is 464 g/mol. The van der Waals surface area contributed by atoms with Gasteiger partial charge in [-0.3, -0.25) is 9.32 Å². The van der Waals surface area contributed by atoms with Crippen LogP contribution in [0, 0.1) is 0 Å². The normalized spacial score (nSPS) is 13.8. The number of phosphoric ester groups is 1. The molecule has 182 valence electrons. The number of amides is 1. The average Bonchev–Trinajstić information content (AvgIpc) is 2.71. The van der Waals surface area contributed by atoms with E-state index in [0.717, 1.165) is 39.2 Å². The van der Waals surface area contributed by atoms with Crippen molar-refractivity contribution in [2.24, 2.45) is 0 Å². The summed E-state index contributed by atoms with van der Waals surface area (Å²) < 4.78 is 19.9. The Kier molecular flexibility index (Phi) is 16.7. The summed E-state index contributed by atoms with van der Waals surface area (Å²) in [4.78, 5) is 41.7. The maximum Gasteiger partial charge on any atom is 0.469 e. The summed E-state index contributed by atoms with van der Waals surface area (Å²) in [6.07, 6.45) is 18.5. The van der Waals surface area contributed by atoms with Gasteiger partial charge in [0.15, 0.2) is 5.54 Å². The minimum absolute atomic E-state index is 0.219. The van der Waals surface area contributed by atoms with E-state index in [-0.39, 0.29) is 12.3 Å². The Morgan fingerprint density at radius 1 is 0.935 bits per heavy atom. The van der Waals surface area contributed by atoms with Gasteiger partial charge in [-0.05, 0) is 39.0 Å². The zero-order valence-electron chi connectivity index (χ0n) is 19.4. The van der Waals surface area contributed by atoms with Crippen molar-refractivity contribution >= 4 is 19.7 Å². The first kappa shape index (κ1) is 29.8. The Morgan fingerprint density at radius 2 is 1.45 bits per heavy atom. The van der Waals surface area contributed by atoms with Gasteiger partial charge in [0.25, 0.3) is 0 Å². The van der Waals surface area contributed by atoms with Crippen LogP contribution in [-0.4, -0.2) is 40.9 Å². The summed E-state index contributed by atoms with van der Waals surface area (Å²) in [5.41, 5.74) is -1.66. The van der Waals surface area contributed by atoms with E-state index in [9.17, 15) is 14.2 Å². The van der Waals surface area contributed by atoms with Crippen molar-refractivity contribution in [1.29, 1.82) is 0 Å². The number of hydrogen-bond acceptors (Lipinski definition) is 5. The van der Waals surface area contributed by atoms with Crippen molar-refractivity contribution in [2.75, 3.05) is 13.7 Å². The molecule has 3 N–H and O–H groups in total. The maximum absolute atomic E-state index is 12.1. The molecule has 0 aromatic heterocycles. The molecule has 0 bridgehead atoms. The molecule has 0 aliphatic rings. The molecule has 0 aromatic carbocycles. The molecule has 1 unspecified atom stereocenters. The SMILES string of the molecule is CCCCCCCC/C=C\CCCCCCC(=O)NC(C)(COP(=O)(O)O)C(=O)OC. The Balaban J connectivity index is 3.93. The minimum atomic E-state index is -4.77. The van der Waals surface area contributed by atoms with E-state index in [4.69, 9.17) is 9.79 Å². The molecule has 0 saturated heterocycles. The van der Waals surface area contributed by atoms with E-state index in [1.54, 1.807) is 0 Å². The molecular weight excluding hydrogens is 421 g/mol. The lowest BCUT2D eigenvalue weighted by molar-refractivity contribution is -0.151. The molecule has 8 nitrogen and oxygen atoms in total. The number of ether oxygens (including phenoxy) is 1. The zero-order valence-corrected chi connectivity index (χ0v) is 20.3. The maximum atomic E-state index is 12.1. The molecule has 0 spiro atoms. The molecule has 0 aromatic rings. The molecular formula is C22H42NO7P. The highest BCUT2D eigenvalue weighted by molar-refractivity contribution is 7.46. The van der Waals surface area contributed by atoms with Gasteiger partial charge < -0.3 is 19.8 Å². The highest BCUT2D eigenvalue weighted by Gasteiger charge is 2.38. The fourth-order valence-electron chi connectivity index (χ4n) is 3.13. The van der Waals surface area contributed by atoms with E-state index in [1.807, 2.05) is 0 Å². The second-order valence-corrected chi connectivity index (χ2v) is 9.36. The summed E-state index contributed by atoms with van der Waals surface area (Å²) >= 11 is 0. The molecule has 31 heavy (non-hydrogen) atoms. The second kappa shape index (κ2) is 17.4. The molecule has 0 aliphatic carbocycles. The number of carbonyl (C=O) groups excluding carboxylic acids is 2. The van der Waals surface area contributed by atoms with Gasteiger partial charge in [-0.15, -0.1) is 0 Å². The number of rotatable bonds is 19. The zero-order chi connectivity index (χ0) is 23.6. The van der Waals surface area contributed by atoms with Crippen LogP contribution in [0.15, 0.2) is 12.2 Å². The van der Waals surface area contributed by atoms with Gasteiger partial charge in [0.1, 0.15) is 0 Å². The van der Waals surface area contributed by atoms with Crippen LogP contribution < -0.4 is 5.32 Å². The van der Waals surface area contributed by atoms with Gasteiger partial charge in [0.2, 0.25) is 5.91 Å². The van der Waals surface area contributed by atoms with Crippen LogP contribution in [0.25, 0.3) is 0 Å². The van der Waals surface area contributed by atoms with E-state index in [0.29, 0.717) is 6.42 Å². The van der Waals surface area contributed by atoms with E-state index >= 15 is 0 Å². The van der Waals surface area contributed by atoms with Gasteiger partial charge >= 0.3 is 13.8 Å². The lowest BCUT2D eigenvalue weighted by Crippen LogP contribution is -2.55. The van der Waals surface area contributed by atoms with Crippen molar-refractivity contribution in [1.82, 2.24) is 5.32 Å². The smallest absolute Gasteiger partial charge is 0.467 e. The van der Waals surface area contributed by atoms with Crippen molar-refractivity contribution in [3.63, 3.8) is 0 Å². The fourth-order valence-corrected chi connectivity index (χ4v) is 3.56. The topological polar surface area (TPSA) is 122 Å². The van der Waals surface area contributed by atoms with Crippen LogP contribution in [-0.2, 0) is 23.4 Å². The van der Waals surface area contributed by atoms with Gasteiger partial charge in [-0.1, -0.05) is 64.0 Å². The van der Waals surface area contributed by atoms with Gasteiger partial charge in [0, 0.05) is 6.42 Å². The standard InChI is InChI=1S/C22H42NO7P/c1-4-5-6-7-8-9-10-11-12-13-14-15-16-17-18-20(24)23-22(2,21(25)29-3)19-30-31(26,27)28/h11-12H,4-10,13-19H2,1-3H3,(H,23,24)(H2,26,27,28)/b12-11-. The first-order valence-electron chi connectivity index (χ1n) is 11.4. The molecule has 1 atom stereocenters. The predicted molar refractivity (Wildman–Crippen MR) is 121 cm³/mol. The van der Waals surface area contributed by atoms with Crippen molar-refractivity contribution in [2.45, 2.75) is 103 Å². The number of allylic oxidation sites excluding steroid dienone is 2. The number of unbranched alkanes of at least 4 members (excludes halogenated alkanes) is 10. The van der Waals surface area contributed by atoms with Crippen molar-refractivity contribution in [3.8, 4) is 0 Å².